The van der Waals surface area contributed by atoms with Gasteiger partial charge in [-0.25, -0.2) is 4.79 Å². The highest BCUT2D eigenvalue weighted by molar-refractivity contribution is 7.99. The molecule has 1 amide bonds. The summed E-state index contributed by atoms with van der Waals surface area (Å²) >= 11 is 1.29. The molecule has 1 heterocycles. The molecule has 2 rings (SSSR count). The van der Waals surface area contributed by atoms with E-state index in [4.69, 9.17) is 0 Å². The number of benzene rings is 1. The van der Waals surface area contributed by atoms with Crippen LogP contribution in [0.4, 0.5) is 5.69 Å². The molecule has 2 aromatic rings. The van der Waals surface area contributed by atoms with E-state index in [0.717, 1.165) is 16.8 Å². The highest BCUT2D eigenvalue weighted by atomic mass is 32.2. The molecule has 1 aromatic carbocycles. The number of H-pyrrole nitrogens is 1. The van der Waals surface area contributed by atoms with Crippen LogP contribution in [0.15, 0.2) is 32.5 Å². The summed E-state index contributed by atoms with van der Waals surface area (Å²) in [5.41, 5.74) is 2.60. The maximum Gasteiger partial charge on any atom is 0.441 e. The second-order valence-corrected chi connectivity index (χ2v) is 5.95. The van der Waals surface area contributed by atoms with E-state index in [-0.39, 0.29) is 5.91 Å². The van der Waals surface area contributed by atoms with Crippen LogP contribution in [-0.2, 0) is 11.8 Å². The van der Waals surface area contributed by atoms with Crippen molar-refractivity contribution in [3.8, 4) is 0 Å². The largest absolute Gasteiger partial charge is 0.441 e. The van der Waals surface area contributed by atoms with Crippen molar-refractivity contribution in [3.63, 3.8) is 0 Å². The van der Waals surface area contributed by atoms with Gasteiger partial charge in [-0.3, -0.25) is 9.32 Å². The molecule has 0 aliphatic rings. The van der Waals surface area contributed by atoms with Crippen molar-refractivity contribution in [2.24, 2.45) is 7.05 Å². The second-order valence-electron chi connectivity index (χ2n) is 4.87. The maximum atomic E-state index is 11.9. The van der Waals surface area contributed by atoms with E-state index >= 15 is 0 Å². The molecule has 0 fully saturated rings. The lowest BCUT2D eigenvalue weighted by Gasteiger charge is -2.06. The first kappa shape index (κ1) is 15.4. The van der Waals surface area contributed by atoms with Crippen molar-refractivity contribution in [2.75, 3.05) is 11.1 Å². The van der Waals surface area contributed by atoms with Gasteiger partial charge in [0, 0.05) is 17.9 Å². The van der Waals surface area contributed by atoms with Crippen LogP contribution in [0.3, 0.4) is 0 Å². The molecule has 0 aliphatic carbocycles. The predicted octanol–water partition coefficient (Wildman–Crippen LogP) is 1.53. The van der Waals surface area contributed by atoms with Crippen LogP contribution in [-0.4, -0.2) is 16.9 Å². The van der Waals surface area contributed by atoms with Gasteiger partial charge in [0.25, 0.3) is 0 Å². The van der Waals surface area contributed by atoms with Crippen LogP contribution >= 0.6 is 11.8 Å². The Labute approximate surface area is 126 Å². The van der Waals surface area contributed by atoms with Crippen LogP contribution < -0.4 is 15.6 Å². The van der Waals surface area contributed by atoms with Crippen molar-refractivity contribution in [1.29, 1.82) is 0 Å². The summed E-state index contributed by atoms with van der Waals surface area (Å²) in [6.45, 7) is 3.98. The Morgan fingerprint density at radius 1 is 1.33 bits per heavy atom. The van der Waals surface area contributed by atoms with Gasteiger partial charge in [-0.2, -0.15) is 0 Å². The number of hydrogen-bond donors (Lipinski definition) is 2. The lowest BCUT2D eigenvalue weighted by atomic mass is 10.1. The van der Waals surface area contributed by atoms with Gasteiger partial charge >= 0.3 is 10.7 Å². The Morgan fingerprint density at radius 2 is 2.00 bits per heavy atom. The summed E-state index contributed by atoms with van der Waals surface area (Å²) in [7, 11) is 1.68. The van der Waals surface area contributed by atoms with Crippen LogP contribution in [0.25, 0.3) is 0 Å². The van der Waals surface area contributed by atoms with Gasteiger partial charge in [-0.15, -0.1) is 0 Å². The number of nitrogens with zero attached hydrogens (tertiary/aromatic N) is 1. The fourth-order valence-electron chi connectivity index (χ4n) is 2.00. The number of aryl methyl sites for hydroxylation is 3. The minimum atomic E-state index is -0.419. The van der Waals surface area contributed by atoms with Crippen molar-refractivity contribution >= 4 is 23.4 Å². The first-order valence-corrected chi connectivity index (χ1v) is 7.52. The quantitative estimate of drug-likeness (QED) is 0.648. The van der Waals surface area contributed by atoms with E-state index in [1.807, 2.05) is 26.0 Å². The molecule has 0 saturated carbocycles. The summed E-state index contributed by atoms with van der Waals surface area (Å²) in [4.78, 5) is 23.2. The minimum Gasteiger partial charge on any atom is -0.326 e. The Morgan fingerprint density at radius 3 is 2.57 bits per heavy atom. The van der Waals surface area contributed by atoms with E-state index in [0.29, 0.717) is 17.2 Å². The highest BCUT2D eigenvalue weighted by Crippen LogP contribution is 2.15. The van der Waals surface area contributed by atoms with Gasteiger partial charge in [0.2, 0.25) is 5.91 Å². The van der Waals surface area contributed by atoms with Gasteiger partial charge < -0.3 is 5.32 Å². The molecule has 0 aliphatic heterocycles. The van der Waals surface area contributed by atoms with E-state index < -0.39 is 5.63 Å². The first-order valence-electron chi connectivity index (χ1n) is 6.54. The number of carbonyl (C=O) groups excluding carboxylic acids is 1. The average molecular weight is 308 g/mol. The molecule has 7 heteroatoms. The van der Waals surface area contributed by atoms with Crippen molar-refractivity contribution in [2.45, 2.75) is 25.3 Å². The van der Waals surface area contributed by atoms with E-state index in [9.17, 15) is 9.59 Å². The molecule has 2 N–H and O–H groups in total. The Balaban J connectivity index is 1.86. The molecule has 0 saturated heterocycles. The topological polar surface area (TPSA) is 79.0 Å². The average Bonchev–Trinajstić information content (AvgIpc) is 2.69. The van der Waals surface area contributed by atoms with Crippen molar-refractivity contribution in [1.82, 2.24) is 5.27 Å². The second kappa shape index (κ2) is 6.62. The monoisotopic (exact) mass is 308 g/mol. The molecule has 21 heavy (non-hydrogen) atoms. The Kier molecular flexibility index (Phi) is 4.85. The number of nitrogens with one attached hydrogen (secondary N) is 2. The SMILES string of the molecule is Cc1cc(C)cc(NC(=O)CCSc2c(=O)o[nH][n+]2C)c1. The molecular weight excluding hydrogens is 290 g/mol. The lowest BCUT2D eigenvalue weighted by molar-refractivity contribution is -0.772. The number of rotatable bonds is 5. The summed E-state index contributed by atoms with van der Waals surface area (Å²) in [5, 5.41) is 5.75. The third-order valence-corrected chi connectivity index (χ3v) is 3.95. The smallest absolute Gasteiger partial charge is 0.326 e. The fraction of sp³-hybridized carbons (Fsp3) is 0.357. The highest BCUT2D eigenvalue weighted by Gasteiger charge is 2.17. The fourth-order valence-corrected chi connectivity index (χ4v) is 2.87. The molecule has 0 spiro atoms. The molecule has 112 valence electrons. The lowest BCUT2D eigenvalue weighted by Crippen LogP contribution is -2.33. The first-order chi connectivity index (χ1) is 9.95. The Hall–Kier alpha value is -2.02. The number of aromatic nitrogens is 2. The van der Waals surface area contributed by atoms with Crippen LogP contribution in [0.1, 0.15) is 17.5 Å². The van der Waals surface area contributed by atoms with E-state index in [2.05, 4.69) is 21.2 Å². The van der Waals surface area contributed by atoms with Crippen LogP contribution in [0.2, 0.25) is 0 Å². The molecule has 1 aromatic heterocycles. The van der Waals surface area contributed by atoms with E-state index in [1.54, 1.807) is 7.05 Å². The normalized spacial score (nSPS) is 10.6. The zero-order chi connectivity index (χ0) is 15.4. The number of aromatic amines is 1. The number of amides is 1. The molecule has 0 radical (unpaired) electrons. The van der Waals surface area contributed by atoms with Crippen molar-refractivity contribution in [3.05, 3.63) is 39.7 Å². The number of hydrogen-bond acceptors (Lipinski definition) is 4. The summed E-state index contributed by atoms with van der Waals surface area (Å²) in [5.74, 6) is 0.433. The molecule has 6 nitrogen and oxygen atoms in total. The third kappa shape index (κ3) is 4.22. The standard InChI is InChI=1S/C14H17N3O3S/c1-9-6-10(2)8-11(7-9)15-12(18)4-5-21-13-14(19)20-16-17(13)3/h6-8H,4-5H2,1-3H3,(H-,15,16,18,19)/p+1. The number of anilines is 1. The number of thioether (sulfide) groups is 1. The zero-order valence-electron chi connectivity index (χ0n) is 12.2. The molecule has 0 unspecified atom stereocenters. The maximum absolute atomic E-state index is 11.9. The third-order valence-electron chi connectivity index (χ3n) is 2.83. The zero-order valence-corrected chi connectivity index (χ0v) is 13.0. The molecule has 0 bridgehead atoms. The Bertz CT molecular complexity index is 685. The van der Waals surface area contributed by atoms with Crippen LogP contribution in [0, 0.1) is 13.8 Å². The predicted molar refractivity (Wildman–Crippen MR) is 80.4 cm³/mol. The summed E-state index contributed by atoms with van der Waals surface area (Å²) in [6.07, 6.45) is 0.322. The van der Waals surface area contributed by atoms with Gasteiger partial charge in [0.1, 0.15) is 0 Å². The molecule has 0 atom stereocenters. The van der Waals surface area contributed by atoms with Gasteiger partial charge in [-0.1, -0.05) is 10.7 Å². The summed E-state index contributed by atoms with van der Waals surface area (Å²) in [6, 6.07) is 5.91. The van der Waals surface area contributed by atoms with Crippen molar-refractivity contribution < 1.29 is 14.0 Å². The van der Waals surface area contributed by atoms with Gasteiger partial charge in [0.05, 0.1) is 0 Å². The molecular formula is C14H18N3O3S+. The van der Waals surface area contributed by atoms with Gasteiger partial charge in [0.15, 0.2) is 7.05 Å². The van der Waals surface area contributed by atoms with Gasteiger partial charge in [-0.05, 0) is 54.1 Å². The van der Waals surface area contributed by atoms with Crippen LogP contribution in [0.5, 0.6) is 0 Å². The number of carbonyl (C=O) groups is 1. The van der Waals surface area contributed by atoms with E-state index in [1.165, 1.54) is 16.4 Å². The summed E-state index contributed by atoms with van der Waals surface area (Å²) < 4.78 is 6.13. The minimum absolute atomic E-state index is 0.0740.